The molecule has 2 aromatic carbocycles. The van der Waals surface area contributed by atoms with Crippen LogP contribution in [0.4, 0.5) is 22.0 Å². The Morgan fingerprint density at radius 1 is 0.783 bits per heavy atom. The lowest BCUT2D eigenvalue weighted by molar-refractivity contribution is 0.300. The molecule has 23 heavy (non-hydrogen) atoms. The van der Waals surface area contributed by atoms with E-state index in [9.17, 15) is 22.0 Å². The topological polar surface area (TPSA) is 9.23 Å². The first-order valence-electron chi connectivity index (χ1n) is 6.86. The van der Waals surface area contributed by atoms with Crippen molar-refractivity contribution in [2.24, 2.45) is 0 Å². The fourth-order valence-corrected chi connectivity index (χ4v) is 4.10. The van der Waals surface area contributed by atoms with E-state index in [-0.39, 0.29) is 6.61 Å². The predicted molar refractivity (Wildman–Crippen MR) is 79.3 cm³/mol. The van der Waals surface area contributed by atoms with Gasteiger partial charge in [0.15, 0.2) is 23.3 Å². The number of hydrogen-bond donors (Lipinski definition) is 0. The first-order chi connectivity index (χ1) is 10.6. The number of aryl methyl sites for hydroxylation is 1. The van der Waals surface area contributed by atoms with E-state index in [1.165, 1.54) is 13.1 Å². The highest BCUT2D eigenvalue weighted by molar-refractivity contribution is 6.84. The average Bonchev–Trinajstić information content (AvgIpc) is 2.50. The van der Waals surface area contributed by atoms with Crippen molar-refractivity contribution in [1.29, 1.82) is 0 Å². The smallest absolute Gasteiger partial charge is 0.225 e. The van der Waals surface area contributed by atoms with Crippen molar-refractivity contribution in [2.75, 3.05) is 0 Å². The van der Waals surface area contributed by atoms with Gasteiger partial charge in [-0.2, -0.15) is 0 Å². The van der Waals surface area contributed by atoms with E-state index in [1.54, 1.807) is 12.1 Å². The maximum atomic E-state index is 13.9. The molecular weight excluding hydrogens is 331 g/mol. The van der Waals surface area contributed by atoms with Crippen LogP contribution in [0.1, 0.15) is 11.1 Å². The van der Waals surface area contributed by atoms with Gasteiger partial charge in [-0.1, -0.05) is 29.8 Å². The standard InChI is InChI=1S/C16H15F5OSi/c1-9-4-6-10(7-5-9)8-22-23(2,3)16-14(20)12(18)11(17)13(19)15(16)21/h4-7H,8H2,1-3H3. The third-order valence-corrected chi connectivity index (χ3v) is 6.04. The summed E-state index contributed by atoms with van der Waals surface area (Å²) in [4.78, 5) is 0. The molecule has 7 heteroatoms. The summed E-state index contributed by atoms with van der Waals surface area (Å²) < 4.78 is 73.2. The second-order valence-corrected chi connectivity index (χ2v) is 9.54. The molecule has 0 aliphatic carbocycles. The van der Waals surface area contributed by atoms with E-state index >= 15 is 0 Å². The molecule has 0 amide bonds. The largest absolute Gasteiger partial charge is 0.408 e. The van der Waals surface area contributed by atoms with Crippen molar-refractivity contribution in [2.45, 2.75) is 26.6 Å². The van der Waals surface area contributed by atoms with Gasteiger partial charge in [-0.05, 0) is 25.6 Å². The molecule has 2 rings (SSSR count). The average molecular weight is 346 g/mol. The Kier molecular flexibility index (Phi) is 4.91. The van der Waals surface area contributed by atoms with Crippen LogP contribution in [0.25, 0.3) is 0 Å². The Morgan fingerprint density at radius 2 is 1.22 bits per heavy atom. The Labute approximate surface area is 131 Å². The Morgan fingerprint density at radius 3 is 1.70 bits per heavy atom. The fraction of sp³-hybridized carbons (Fsp3) is 0.250. The van der Waals surface area contributed by atoms with Gasteiger partial charge in [0.25, 0.3) is 0 Å². The molecule has 0 aliphatic rings. The minimum absolute atomic E-state index is 0.0268. The zero-order valence-corrected chi connectivity index (χ0v) is 13.8. The summed E-state index contributed by atoms with van der Waals surface area (Å²) in [7, 11) is -3.35. The van der Waals surface area contributed by atoms with E-state index in [0.29, 0.717) is 0 Å². The molecule has 124 valence electrons. The van der Waals surface area contributed by atoms with Gasteiger partial charge in [0.2, 0.25) is 14.1 Å². The molecule has 0 atom stereocenters. The van der Waals surface area contributed by atoms with Gasteiger partial charge in [-0.15, -0.1) is 0 Å². The molecule has 0 aromatic heterocycles. The van der Waals surface area contributed by atoms with Gasteiger partial charge in [0.05, 0.1) is 6.61 Å². The highest BCUT2D eigenvalue weighted by Crippen LogP contribution is 2.21. The molecule has 0 aliphatic heterocycles. The molecule has 0 radical (unpaired) electrons. The Hall–Kier alpha value is -1.73. The number of hydrogen-bond acceptors (Lipinski definition) is 1. The summed E-state index contributed by atoms with van der Waals surface area (Å²) in [5.74, 6) is -9.69. The monoisotopic (exact) mass is 346 g/mol. The van der Waals surface area contributed by atoms with Gasteiger partial charge in [0, 0.05) is 5.19 Å². The lowest BCUT2D eigenvalue weighted by Gasteiger charge is -2.25. The summed E-state index contributed by atoms with van der Waals surface area (Å²) in [5, 5.41) is -0.846. The summed E-state index contributed by atoms with van der Waals surface area (Å²) in [6.07, 6.45) is 0. The van der Waals surface area contributed by atoms with E-state index in [2.05, 4.69) is 0 Å². The molecule has 0 spiro atoms. The van der Waals surface area contributed by atoms with Crippen LogP contribution in [-0.2, 0) is 11.0 Å². The van der Waals surface area contributed by atoms with Crippen molar-refractivity contribution >= 4 is 13.5 Å². The summed E-state index contributed by atoms with van der Waals surface area (Å²) in [6, 6.07) is 7.23. The van der Waals surface area contributed by atoms with Crippen LogP contribution in [0.5, 0.6) is 0 Å². The zero-order chi connectivity index (χ0) is 17.4. The minimum Gasteiger partial charge on any atom is -0.408 e. The normalized spacial score (nSPS) is 11.8. The van der Waals surface area contributed by atoms with Crippen LogP contribution in [0.3, 0.4) is 0 Å². The molecule has 0 saturated carbocycles. The SMILES string of the molecule is Cc1ccc(CO[Si](C)(C)c2c(F)c(F)c(F)c(F)c2F)cc1. The summed E-state index contributed by atoms with van der Waals surface area (Å²) >= 11 is 0. The van der Waals surface area contributed by atoms with Crippen LogP contribution < -0.4 is 5.19 Å². The van der Waals surface area contributed by atoms with Gasteiger partial charge in [-0.3, -0.25) is 0 Å². The van der Waals surface area contributed by atoms with Gasteiger partial charge in [-0.25, -0.2) is 22.0 Å². The van der Waals surface area contributed by atoms with Crippen molar-refractivity contribution in [3.63, 3.8) is 0 Å². The summed E-state index contributed by atoms with van der Waals surface area (Å²) in [6.45, 7) is 4.70. The van der Waals surface area contributed by atoms with E-state index in [1.807, 2.05) is 19.1 Å². The first-order valence-corrected chi connectivity index (χ1v) is 9.77. The van der Waals surface area contributed by atoms with Crippen LogP contribution in [0.2, 0.25) is 13.1 Å². The second-order valence-electron chi connectivity index (χ2n) is 5.73. The molecule has 0 fully saturated rings. The van der Waals surface area contributed by atoms with Gasteiger partial charge in [0.1, 0.15) is 0 Å². The molecular formula is C16H15F5OSi. The summed E-state index contributed by atoms with van der Waals surface area (Å²) in [5.41, 5.74) is 1.78. The van der Waals surface area contributed by atoms with Crippen molar-refractivity contribution in [3.05, 3.63) is 64.5 Å². The van der Waals surface area contributed by atoms with E-state index in [0.717, 1.165) is 11.1 Å². The van der Waals surface area contributed by atoms with E-state index in [4.69, 9.17) is 4.43 Å². The molecule has 0 saturated heterocycles. The van der Waals surface area contributed by atoms with Crippen LogP contribution in [0.15, 0.2) is 24.3 Å². The second kappa shape index (κ2) is 6.41. The van der Waals surface area contributed by atoms with Crippen molar-refractivity contribution in [1.82, 2.24) is 0 Å². The first kappa shape index (κ1) is 17.6. The van der Waals surface area contributed by atoms with Crippen LogP contribution >= 0.6 is 0 Å². The van der Waals surface area contributed by atoms with Crippen molar-refractivity contribution in [3.8, 4) is 0 Å². The molecule has 2 aromatic rings. The quantitative estimate of drug-likeness (QED) is 0.347. The predicted octanol–water partition coefficient (Wildman–Crippen LogP) is 4.32. The molecule has 0 bridgehead atoms. The Bertz CT molecular complexity index is 699. The third kappa shape index (κ3) is 3.45. The lowest BCUT2D eigenvalue weighted by Crippen LogP contribution is -2.49. The highest BCUT2D eigenvalue weighted by Gasteiger charge is 2.38. The fourth-order valence-electron chi connectivity index (χ4n) is 2.15. The molecule has 0 unspecified atom stereocenters. The van der Waals surface area contributed by atoms with Crippen LogP contribution in [0, 0.1) is 36.0 Å². The number of benzene rings is 2. The van der Waals surface area contributed by atoms with Crippen LogP contribution in [-0.4, -0.2) is 8.32 Å². The molecule has 0 N–H and O–H groups in total. The minimum atomic E-state index is -3.35. The number of rotatable bonds is 4. The van der Waals surface area contributed by atoms with Crippen molar-refractivity contribution < 1.29 is 26.4 Å². The molecule has 0 heterocycles. The van der Waals surface area contributed by atoms with Gasteiger partial charge < -0.3 is 4.43 Å². The molecule has 1 nitrogen and oxygen atoms in total. The lowest BCUT2D eigenvalue weighted by atomic mass is 10.2. The maximum Gasteiger partial charge on any atom is 0.225 e. The zero-order valence-electron chi connectivity index (χ0n) is 12.8. The van der Waals surface area contributed by atoms with E-state index < -0.39 is 42.6 Å². The Balaban J connectivity index is 2.34. The maximum absolute atomic E-state index is 13.9. The third-order valence-electron chi connectivity index (χ3n) is 3.53. The van der Waals surface area contributed by atoms with Gasteiger partial charge >= 0.3 is 0 Å². The highest BCUT2D eigenvalue weighted by atomic mass is 28.4. The number of halogens is 5.